The maximum atomic E-state index is 11.7. The maximum absolute atomic E-state index is 11.7. The molecule has 5 heteroatoms. The molecule has 0 aromatic heterocycles. The molecule has 0 radical (unpaired) electrons. The van der Waals surface area contributed by atoms with Gasteiger partial charge in [-0.2, -0.15) is 0 Å². The van der Waals surface area contributed by atoms with Crippen molar-refractivity contribution in [3.63, 3.8) is 0 Å². The second-order valence-electron chi connectivity index (χ2n) is 7.27. The van der Waals surface area contributed by atoms with Crippen LogP contribution in [0.15, 0.2) is 24.3 Å². The molecule has 23 heavy (non-hydrogen) atoms. The molecule has 1 aliphatic rings. The topological polar surface area (TPSA) is 61.4 Å². The summed E-state index contributed by atoms with van der Waals surface area (Å²) < 4.78 is 0. The molecule has 0 spiro atoms. The zero-order chi connectivity index (χ0) is 16.2. The van der Waals surface area contributed by atoms with Crippen molar-refractivity contribution >= 4 is 18.3 Å². The molecule has 1 aromatic carbocycles. The van der Waals surface area contributed by atoms with Crippen LogP contribution in [-0.2, 0) is 10.2 Å². The molecular formula is C18H29ClN2O2. The number of carbonyl (C=O) groups excluding carboxylic acids is 1. The van der Waals surface area contributed by atoms with E-state index in [-0.39, 0.29) is 30.3 Å². The summed E-state index contributed by atoms with van der Waals surface area (Å²) in [6, 6.07) is 7.95. The fourth-order valence-corrected chi connectivity index (χ4v) is 2.31. The summed E-state index contributed by atoms with van der Waals surface area (Å²) in [5, 5.41) is 16.1. The van der Waals surface area contributed by atoms with Crippen LogP contribution in [-0.4, -0.2) is 30.6 Å². The second kappa shape index (κ2) is 8.67. The van der Waals surface area contributed by atoms with Crippen LogP contribution in [0.2, 0.25) is 0 Å². The number of benzene rings is 1. The minimum Gasteiger partial charge on any atom is -0.387 e. The summed E-state index contributed by atoms with van der Waals surface area (Å²) >= 11 is 0. The van der Waals surface area contributed by atoms with Crippen molar-refractivity contribution in [2.24, 2.45) is 5.92 Å². The molecule has 130 valence electrons. The Bertz CT molecular complexity index is 493. The highest BCUT2D eigenvalue weighted by atomic mass is 35.5. The molecule has 0 heterocycles. The molecular weight excluding hydrogens is 312 g/mol. The summed E-state index contributed by atoms with van der Waals surface area (Å²) in [5.74, 6) is 0.700. The van der Waals surface area contributed by atoms with Gasteiger partial charge in [-0.25, -0.2) is 0 Å². The Hall–Kier alpha value is -1.10. The number of rotatable bonds is 7. The van der Waals surface area contributed by atoms with E-state index in [2.05, 4.69) is 31.4 Å². The minimum absolute atomic E-state index is 0. The van der Waals surface area contributed by atoms with Crippen molar-refractivity contribution in [2.75, 3.05) is 19.6 Å². The number of amides is 1. The van der Waals surface area contributed by atoms with Gasteiger partial charge in [0, 0.05) is 6.54 Å². The van der Waals surface area contributed by atoms with Gasteiger partial charge < -0.3 is 15.7 Å². The lowest BCUT2D eigenvalue weighted by atomic mass is 9.86. The average Bonchev–Trinajstić information content (AvgIpc) is 3.28. The molecule has 3 N–H and O–H groups in total. The highest BCUT2D eigenvalue weighted by molar-refractivity contribution is 5.85. The van der Waals surface area contributed by atoms with Crippen LogP contribution in [0.3, 0.4) is 0 Å². The zero-order valence-corrected chi connectivity index (χ0v) is 15.1. The van der Waals surface area contributed by atoms with Gasteiger partial charge in [-0.3, -0.25) is 4.79 Å². The molecule has 0 saturated heterocycles. The third-order valence-electron chi connectivity index (χ3n) is 4.07. The van der Waals surface area contributed by atoms with Crippen molar-refractivity contribution < 1.29 is 9.90 Å². The van der Waals surface area contributed by atoms with Gasteiger partial charge in [-0.05, 0) is 41.8 Å². The molecule has 1 amide bonds. The number of hydrogen-bond acceptors (Lipinski definition) is 3. The maximum Gasteiger partial charge on any atom is 0.234 e. The number of nitrogens with one attached hydrogen (secondary N) is 2. The fourth-order valence-electron chi connectivity index (χ4n) is 2.31. The standard InChI is InChI=1S/C18H28N2O2.ClH/c1-18(2,3)15-8-6-14(7-9-15)16(21)11-20-17(22)12-19-10-13-4-5-13;/h6-9,13,16,19,21H,4-5,10-12H2,1-3H3,(H,20,22);1H. The fraction of sp³-hybridized carbons (Fsp3) is 0.611. The lowest BCUT2D eigenvalue weighted by Crippen LogP contribution is -2.36. The molecule has 4 nitrogen and oxygen atoms in total. The summed E-state index contributed by atoms with van der Waals surface area (Å²) in [6.07, 6.45) is 1.89. The normalized spacial score (nSPS) is 15.7. The van der Waals surface area contributed by atoms with Gasteiger partial charge in [0.15, 0.2) is 0 Å². The Kier molecular flexibility index (Phi) is 7.52. The highest BCUT2D eigenvalue weighted by Gasteiger charge is 2.20. The second-order valence-corrected chi connectivity index (χ2v) is 7.27. The van der Waals surface area contributed by atoms with E-state index in [0.717, 1.165) is 18.0 Å². The molecule has 1 atom stereocenters. The summed E-state index contributed by atoms with van der Waals surface area (Å²) in [6.45, 7) is 7.98. The van der Waals surface area contributed by atoms with Crippen LogP contribution in [0.1, 0.15) is 50.8 Å². The predicted octanol–water partition coefficient (Wildman–Crippen LogP) is 2.56. The Labute approximate surface area is 145 Å². The molecule has 1 fully saturated rings. The molecule has 1 unspecified atom stereocenters. The van der Waals surface area contributed by atoms with E-state index < -0.39 is 6.10 Å². The largest absolute Gasteiger partial charge is 0.387 e. The number of aliphatic hydroxyl groups excluding tert-OH is 1. The quantitative estimate of drug-likeness (QED) is 0.715. The van der Waals surface area contributed by atoms with E-state index in [4.69, 9.17) is 0 Å². The Morgan fingerprint density at radius 1 is 1.26 bits per heavy atom. The van der Waals surface area contributed by atoms with Gasteiger partial charge in [-0.15, -0.1) is 12.4 Å². The molecule has 2 rings (SSSR count). The Morgan fingerprint density at radius 2 is 1.87 bits per heavy atom. The van der Waals surface area contributed by atoms with Crippen LogP contribution in [0.4, 0.5) is 0 Å². The van der Waals surface area contributed by atoms with E-state index in [1.807, 2.05) is 24.3 Å². The first-order valence-corrected chi connectivity index (χ1v) is 8.12. The van der Waals surface area contributed by atoms with Gasteiger partial charge in [0.1, 0.15) is 0 Å². The van der Waals surface area contributed by atoms with Crippen LogP contribution in [0.5, 0.6) is 0 Å². The Morgan fingerprint density at radius 3 is 2.39 bits per heavy atom. The van der Waals surface area contributed by atoms with Gasteiger partial charge in [0.05, 0.1) is 12.6 Å². The van der Waals surface area contributed by atoms with Crippen molar-refractivity contribution in [1.29, 1.82) is 0 Å². The average molecular weight is 341 g/mol. The van der Waals surface area contributed by atoms with E-state index in [9.17, 15) is 9.90 Å². The third kappa shape index (κ3) is 6.90. The minimum atomic E-state index is -0.665. The lowest BCUT2D eigenvalue weighted by Gasteiger charge is -2.20. The number of halogens is 1. The first kappa shape index (κ1) is 19.9. The van der Waals surface area contributed by atoms with Crippen LogP contribution in [0.25, 0.3) is 0 Å². The molecule has 1 saturated carbocycles. The van der Waals surface area contributed by atoms with E-state index in [1.54, 1.807) is 0 Å². The molecule has 1 aliphatic carbocycles. The predicted molar refractivity (Wildman–Crippen MR) is 96.0 cm³/mol. The summed E-state index contributed by atoms with van der Waals surface area (Å²) in [7, 11) is 0. The molecule has 0 aliphatic heterocycles. The first-order valence-electron chi connectivity index (χ1n) is 8.12. The van der Waals surface area contributed by atoms with Crippen molar-refractivity contribution in [3.05, 3.63) is 35.4 Å². The lowest BCUT2D eigenvalue weighted by molar-refractivity contribution is -0.120. The van der Waals surface area contributed by atoms with Gasteiger partial charge in [-0.1, -0.05) is 45.0 Å². The number of hydrogen-bond donors (Lipinski definition) is 3. The van der Waals surface area contributed by atoms with Crippen LogP contribution in [0, 0.1) is 5.92 Å². The van der Waals surface area contributed by atoms with E-state index in [1.165, 1.54) is 18.4 Å². The van der Waals surface area contributed by atoms with Gasteiger partial charge >= 0.3 is 0 Å². The molecule has 0 bridgehead atoms. The monoisotopic (exact) mass is 340 g/mol. The first-order chi connectivity index (χ1) is 10.4. The SMILES string of the molecule is CC(C)(C)c1ccc(C(O)CNC(=O)CNCC2CC2)cc1.Cl. The smallest absolute Gasteiger partial charge is 0.234 e. The number of aliphatic hydroxyl groups is 1. The van der Waals surface area contributed by atoms with Crippen molar-refractivity contribution in [3.8, 4) is 0 Å². The number of carbonyl (C=O) groups is 1. The van der Waals surface area contributed by atoms with Crippen LogP contribution >= 0.6 is 12.4 Å². The van der Waals surface area contributed by atoms with Crippen LogP contribution < -0.4 is 10.6 Å². The van der Waals surface area contributed by atoms with Crippen molar-refractivity contribution in [1.82, 2.24) is 10.6 Å². The highest BCUT2D eigenvalue weighted by Crippen LogP contribution is 2.27. The zero-order valence-electron chi connectivity index (χ0n) is 14.3. The summed E-state index contributed by atoms with van der Waals surface area (Å²) in [4.78, 5) is 11.7. The van der Waals surface area contributed by atoms with E-state index >= 15 is 0 Å². The summed E-state index contributed by atoms with van der Waals surface area (Å²) in [5.41, 5.74) is 2.17. The van der Waals surface area contributed by atoms with Crippen molar-refractivity contribution in [2.45, 2.75) is 45.1 Å². The van der Waals surface area contributed by atoms with Gasteiger partial charge in [0.2, 0.25) is 5.91 Å². The van der Waals surface area contributed by atoms with Gasteiger partial charge in [0.25, 0.3) is 0 Å². The third-order valence-corrected chi connectivity index (χ3v) is 4.07. The van der Waals surface area contributed by atoms with E-state index in [0.29, 0.717) is 6.54 Å². The Balaban J connectivity index is 0.00000264. The molecule has 1 aromatic rings.